The zero-order valence-corrected chi connectivity index (χ0v) is 20.3. The van der Waals surface area contributed by atoms with E-state index in [9.17, 15) is 35.9 Å². The van der Waals surface area contributed by atoms with Crippen molar-refractivity contribution in [3.8, 4) is 0 Å². The van der Waals surface area contributed by atoms with Crippen molar-refractivity contribution < 1.29 is 40.7 Å². The molecule has 200 valence electrons. The molecule has 2 aromatic carbocycles. The molecule has 3 rings (SSSR count). The highest BCUT2D eigenvalue weighted by Crippen LogP contribution is 2.48. The van der Waals surface area contributed by atoms with Gasteiger partial charge in [0.15, 0.2) is 0 Å². The molecule has 2 N–H and O–H groups in total. The summed E-state index contributed by atoms with van der Waals surface area (Å²) >= 11 is 0.482. The quantitative estimate of drug-likeness (QED) is 0.381. The lowest BCUT2D eigenvalue weighted by molar-refractivity contribution is -0.163. The second kappa shape index (κ2) is 12.0. The maximum absolute atomic E-state index is 14.1. The lowest BCUT2D eigenvalue weighted by atomic mass is 9.99. The zero-order chi connectivity index (χ0) is 27.2. The number of hydrogen-bond donors (Lipinski definition) is 2. The Balaban J connectivity index is 2.00. The van der Waals surface area contributed by atoms with E-state index in [4.69, 9.17) is 4.74 Å². The van der Waals surface area contributed by atoms with E-state index >= 15 is 0 Å². The summed E-state index contributed by atoms with van der Waals surface area (Å²) in [5, 5.41) is 5.19. The van der Waals surface area contributed by atoms with Gasteiger partial charge in [-0.05, 0) is 43.0 Å². The number of halogens is 6. The fourth-order valence-corrected chi connectivity index (χ4v) is 4.63. The molecule has 1 aliphatic rings. The first-order chi connectivity index (χ1) is 17.4. The summed E-state index contributed by atoms with van der Waals surface area (Å²) in [6.45, 7) is 0.976. The smallest absolute Gasteiger partial charge is 0.378 e. The summed E-state index contributed by atoms with van der Waals surface area (Å²) < 4.78 is 89.3. The Hall–Kier alpha value is -3.03. The molecular weight excluding hydrogens is 524 g/mol. The minimum absolute atomic E-state index is 0.00639. The molecule has 0 aliphatic carbocycles. The fourth-order valence-electron chi connectivity index (χ4n) is 3.59. The average Bonchev–Trinajstić information content (AvgIpc) is 2.82. The number of carbonyl (C=O) groups is 2. The normalized spacial score (nSPS) is 14.7. The first kappa shape index (κ1) is 28.5. The van der Waals surface area contributed by atoms with Gasteiger partial charge in [0, 0.05) is 34.6 Å². The molecule has 6 nitrogen and oxygen atoms in total. The molecule has 0 aromatic heterocycles. The van der Waals surface area contributed by atoms with E-state index in [1.54, 1.807) is 7.05 Å². The molecule has 0 saturated carbocycles. The molecule has 0 atom stereocenters. The lowest BCUT2D eigenvalue weighted by Crippen LogP contribution is -2.39. The van der Waals surface area contributed by atoms with Crippen LogP contribution < -0.4 is 10.6 Å². The van der Waals surface area contributed by atoms with Gasteiger partial charge in [-0.2, -0.15) is 26.3 Å². The van der Waals surface area contributed by atoms with Crippen molar-refractivity contribution in [3.63, 3.8) is 0 Å². The van der Waals surface area contributed by atoms with Crippen LogP contribution >= 0.6 is 11.8 Å². The molecule has 0 unspecified atom stereocenters. The molecule has 1 heterocycles. The number of rotatable bonds is 7. The van der Waals surface area contributed by atoms with Gasteiger partial charge in [0.2, 0.25) is 11.8 Å². The maximum Gasteiger partial charge on any atom is 0.418 e. The maximum atomic E-state index is 14.1. The molecule has 1 saturated heterocycles. The third kappa shape index (κ3) is 7.73. The van der Waals surface area contributed by atoms with Crippen LogP contribution in [0.25, 0.3) is 6.08 Å². The number of anilines is 1. The molecule has 2 aromatic rings. The topological polar surface area (TPSA) is 70.7 Å². The number of amides is 2. The number of benzene rings is 2. The van der Waals surface area contributed by atoms with Gasteiger partial charge in [-0.25, -0.2) is 0 Å². The third-order valence-electron chi connectivity index (χ3n) is 5.18. The van der Waals surface area contributed by atoms with E-state index in [1.165, 1.54) is 29.2 Å². The predicted molar refractivity (Wildman–Crippen MR) is 126 cm³/mol. The van der Waals surface area contributed by atoms with E-state index in [1.807, 2.05) is 0 Å². The highest BCUT2D eigenvalue weighted by Gasteiger charge is 2.46. The van der Waals surface area contributed by atoms with Crippen LogP contribution in [0.3, 0.4) is 0 Å². The van der Waals surface area contributed by atoms with Gasteiger partial charge in [-0.1, -0.05) is 23.9 Å². The number of hydrogen-bond acceptors (Lipinski definition) is 5. The standard InChI is InChI=1S/C24H23F6N3O3S/c1-31-14-19(34)32-16-3-2-4-17(13-16)37-18-7-5-15(6-8-20(35)33-9-11-36-12-10-33)21(23(25,26)27)22(18)24(28,29)30/h2-8,13,31H,9-12,14H2,1H3,(H,32,34). The average molecular weight is 548 g/mol. The Bertz CT molecular complexity index is 1160. The van der Waals surface area contributed by atoms with Crippen molar-refractivity contribution >= 4 is 35.3 Å². The molecule has 37 heavy (non-hydrogen) atoms. The van der Waals surface area contributed by atoms with Crippen LogP contribution in [-0.2, 0) is 26.7 Å². The van der Waals surface area contributed by atoms with Gasteiger partial charge in [-0.3, -0.25) is 9.59 Å². The first-order valence-electron chi connectivity index (χ1n) is 11.0. The third-order valence-corrected chi connectivity index (χ3v) is 6.23. The predicted octanol–water partition coefficient (Wildman–Crippen LogP) is 4.91. The number of morpholine rings is 1. The van der Waals surface area contributed by atoms with Crippen molar-refractivity contribution in [2.75, 3.05) is 45.2 Å². The number of likely N-dealkylation sites (N-methyl/N-ethyl adjacent to an activating group) is 1. The number of carbonyl (C=O) groups excluding carboxylic acids is 2. The molecule has 13 heteroatoms. The Morgan fingerprint density at radius 2 is 1.70 bits per heavy atom. The van der Waals surface area contributed by atoms with Gasteiger partial charge in [0.05, 0.1) is 30.9 Å². The van der Waals surface area contributed by atoms with Gasteiger partial charge in [0.1, 0.15) is 0 Å². The molecule has 2 amide bonds. The summed E-state index contributed by atoms with van der Waals surface area (Å²) in [7, 11) is 1.56. The van der Waals surface area contributed by atoms with Crippen LogP contribution in [0, 0.1) is 0 Å². The van der Waals surface area contributed by atoms with E-state index in [2.05, 4.69) is 10.6 Å². The molecular formula is C24H23F6N3O3S. The Labute approximate surface area is 213 Å². The minimum Gasteiger partial charge on any atom is -0.378 e. The first-order valence-corrected chi connectivity index (χ1v) is 11.8. The van der Waals surface area contributed by atoms with E-state index in [0.29, 0.717) is 11.8 Å². The summed E-state index contributed by atoms with van der Waals surface area (Å²) in [6, 6.07) is 7.59. The van der Waals surface area contributed by atoms with Crippen LogP contribution in [0.4, 0.5) is 32.0 Å². The van der Waals surface area contributed by atoms with Gasteiger partial charge >= 0.3 is 12.4 Å². The number of ether oxygens (including phenoxy) is 1. The SMILES string of the molecule is CNCC(=O)Nc1cccc(Sc2ccc(C=CC(=O)N3CCOCC3)c(C(F)(F)F)c2C(F)(F)F)c1. The van der Waals surface area contributed by atoms with E-state index < -0.39 is 45.8 Å². The summed E-state index contributed by atoms with van der Waals surface area (Å²) in [5.41, 5.74) is -4.24. The summed E-state index contributed by atoms with van der Waals surface area (Å²) in [6.07, 6.45) is -9.11. The minimum atomic E-state index is -5.36. The van der Waals surface area contributed by atoms with Crippen LogP contribution in [-0.4, -0.2) is 56.6 Å². The van der Waals surface area contributed by atoms with Crippen LogP contribution in [0.1, 0.15) is 16.7 Å². The molecule has 0 spiro atoms. The molecule has 1 aliphatic heterocycles. The number of nitrogens with one attached hydrogen (secondary N) is 2. The molecule has 0 radical (unpaired) electrons. The van der Waals surface area contributed by atoms with Crippen molar-refractivity contribution in [3.05, 3.63) is 59.2 Å². The van der Waals surface area contributed by atoms with Crippen LogP contribution in [0.5, 0.6) is 0 Å². The lowest BCUT2D eigenvalue weighted by Gasteiger charge is -2.25. The fraction of sp³-hybridized carbons (Fsp3) is 0.333. The molecule has 1 fully saturated rings. The van der Waals surface area contributed by atoms with E-state index in [-0.39, 0.29) is 43.4 Å². The molecule has 0 bridgehead atoms. The summed E-state index contributed by atoms with van der Waals surface area (Å²) in [4.78, 5) is 24.9. The zero-order valence-electron chi connectivity index (χ0n) is 19.5. The Kier molecular flexibility index (Phi) is 9.26. The number of alkyl halides is 6. The second-order valence-corrected chi connectivity index (χ2v) is 8.99. The van der Waals surface area contributed by atoms with Gasteiger partial charge in [0.25, 0.3) is 0 Å². The second-order valence-electron chi connectivity index (χ2n) is 7.88. The highest BCUT2D eigenvalue weighted by molar-refractivity contribution is 7.99. The summed E-state index contributed by atoms with van der Waals surface area (Å²) in [5.74, 6) is -1.02. The van der Waals surface area contributed by atoms with E-state index in [0.717, 1.165) is 24.3 Å². The monoisotopic (exact) mass is 547 g/mol. The van der Waals surface area contributed by atoms with Gasteiger partial charge in [-0.15, -0.1) is 0 Å². The van der Waals surface area contributed by atoms with Crippen molar-refractivity contribution in [2.24, 2.45) is 0 Å². The van der Waals surface area contributed by atoms with Crippen LogP contribution in [0.2, 0.25) is 0 Å². The van der Waals surface area contributed by atoms with Crippen LogP contribution in [0.15, 0.2) is 52.3 Å². The van der Waals surface area contributed by atoms with Gasteiger partial charge < -0.3 is 20.3 Å². The Morgan fingerprint density at radius 3 is 2.32 bits per heavy atom. The van der Waals surface area contributed by atoms with Crippen molar-refractivity contribution in [2.45, 2.75) is 22.1 Å². The number of nitrogens with zero attached hydrogens (tertiary/aromatic N) is 1. The highest BCUT2D eigenvalue weighted by atomic mass is 32.2. The van der Waals surface area contributed by atoms with Crippen molar-refractivity contribution in [1.82, 2.24) is 10.2 Å². The van der Waals surface area contributed by atoms with Crippen molar-refractivity contribution in [1.29, 1.82) is 0 Å². The Morgan fingerprint density at radius 1 is 1.03 bits per heavy atom. The largest absolute Gasteiger partial charge is 0.418 e.